The van der Waals surface area contributed by atoms with E-state index >= 15 is 0 Å². The predicted octanol–water partition coefficient (Wildman–Crippen LogP) is 3.03. The molecule has 0 bridgehead atoms. The molecule has 0 unspecified atom stereocenters. The number of aryl methyl sites for hydroxylation is 1. The number of rotatable bonds is 2. The van der Waals surface area contributed by atoms with Crippen molar-refractivity contribution in [3.63, 3.8) is 0 Å². The van der Waals surface area contributed by atoms with Crippen molar-refractivity contribution in [2.45, 2.75) is 13.5 Å². The SMILES string of the molecule is CCn1cc(C(=O)O)c(=O)c2cc(Cl)cc(Cl)c21. The van der Waals surface area contributed by atoms with Crippen molar-refractivity contribution in [2.24, 2.45) is 0 Å². The number of aromatic carboxylic acids is 1. The molecule has 18 heavy (non-hydrogen) atoms. The maximum atomic E-state index is 12.0. The Balaban J connectivity index is 3.03. The van der Waals surface area contributed by atoms with Gasteiger partial charge in [-0.15, -0.1) is 0 Å². The Morgan fingerprint density at radius 3 is 2.61 bits per heavy atom. The van der Waals surface area contributed by atoms with Crippen molar-refractivity contribution in [1.29, 1.82) is 0 Å². The molecule has 2 rings (SSSR count). The van der Waals surface area contributed by atoms with Gasteiger partial charge in [-0.1, -0.05) is 23.2 Å². The zero-order valence-corrected chi connectivity index (χ0v) is 10.9. The summed E-state index contributed by atoms with van der Waals surface area (Å²) in [5, 5.41) is 9.85. The number of aromatic nitrogens is 1. The Hall–Kier alpha value is -1.52. The van der Waals surface area contributed by atoms with E-state index in [9.17, 15) is 9.59 Å². The van der Waals surface area contributed by atoms with Crippen LogP contribution in [0.5, 0.6) is 0 Å². The van der Waals surface area contributed by atoms with Crippen molar-refractivity contribution < 1.29 is 9.90 Å². The van der Waals surface area contributed by atoms with Crippen LogP contribution in [0.15, 0.2) is 23.1 Å². The van der Waals surface area contributed by atoms with Crippen LogP contribution < -0.4 is 5.43 Å². The molecule has 0 radical (unpaired) electrons. The van der Waals surface area contributed by atoms with Gasteiger partial charge in [0.25, 0.3) is 0 Å². The molecule has 0 spiro atoms. The lowest BCUT2D eigenvalue weighted by atomic mass is 10.1. The Bertz CT molecular complexity index is 707. The average Bonchev–Trinajstić information content (AvgIpc) is 2.29. The zero-order chi connectivity index (χ0) is 13.4. The quantitative estimate of drug-likeness (QED) is 0.923. The van der Waals surface area contributed by atoms with Crippen LogP contribution in [-0.4, -0.2) is 15.6 Å². The van der Waals surface area contributed by atoms with E-state index < -0.39 is 11.4 Å². The molecule has 0 amide bonds. The Morgan fingerprint density at radius 2 is 2.06 bits per heavy atom. The van der Waals surface area contributed by atoms with Crippen molar-refractivity contribution in [2.75, 3.05) is 0 Å². The van der Waals surface area contributed by atoms with E-state index in [1.54, 1.807) is 4.57 Å². The van der Waals surface area contributed by atoms with E-state index in [0.717, 1.165) is 0 Å². The molecule has 0 fully saturated rings. The summed E-state index contributed by atoms with van der Waals surface area (Å²) in [5.41, 5.74) is -0.368. The van der Waals surface area contributed by atoms with E-state index in [-0.39, 0.29) is 10.9 Å². The largest absolute Gasteiger partial charge is 0.477 e. The molecule has 0 saturated heterocycles. The summed E-state index contributed by atoms with van der Waals surface area (Å²) in [6.07, 6.45) is 1.30. The van der Waals surface area contributed by atoms with Gasteiger partial charge in [0, 0.05) is 23.2 Å². The van der Waals surface area contributed by atoms with E-state index in [0.29, 0.717) is 22.1 Å². The number of nitrogens with zero attached hydrogens (tertiary/aromatic N) is 1. The van der Waals surface area contributed by atoms with Gasteiger partial charge in [-0.25, -0.2) is 4.79 Å². The normalized spacial score (nSPS) is 10.8. The van der Waals surface area contributed by atoms with Gasteiger partial charge < -0.3 is 9.67 Å². The van der Waals surface area contributed by atoms with Gasteiger partial charge in [0.15, 0.2) is 0 Å². The Labute approximate surface area is 112 Å². The minimum absolute atomic E-state index is 0.217. The van der Waals surface area contributed by atoms with Crippen LogP contribution in [0.1, 0.15) is 17.3 Å². The highest BCUT2D eigenvalue weighted by molar-refractivity contribution is 6.38. The molecule has 4 nitrogen and oxygen atoms in total. The first-order chi connectivity index (χ1) is 8.45. The van der Waals surface area contributed by atoms with Crippen LogP contribution in [0, 0.1) is 0 Å². The van der Waals surface area contributed by atoms with Crippen molar-refractivity contribution in [3.05, 3.63) is 44.2 Å². The van der Waals surface area contributed by atoms with Gasteiger partial charge >= 0.3 is 5.97 Å². The number of carbonyl (C=O) groups is 1. The van der Waals surface area contributed by atoms with Gasteiger partial charge in [-0.3, -0.25) is 4.79 Å². The fourth-order valence-corrected chi connectivity index (χ4v) is 2.46. The third-order valence-electron chi connectivity index (χ3n) is 2.66. The highest BCUT2D eigenvalue weighted by Gasteiger charge is 2.16. The highest BCUT2D eigenvalue weighted by atomic mass is 35.5. The highest BCUT2D eigenvalue weighted by Crippen LogP contribution is 2.26. The minimum atomic E-state index is -1.26. The van der Waals surface area contributed by atoms with E-state index in [2.05, 4.69) is 0 Å². The molecule has 0 atom stereocenters. The lowest BCUT2D eigenvalue weighted by Crippen LogP contribution is -2.18. The third kappa shape index (κ3) is 1.98. The lowest BCUT2D eigenvalue weighted by molar-refractivity contribution is 0.0695. The van der Waals surface area contributed by atoms with Gasteiger partial charge in [0.05, 0.1) is 10.5 Å². The number of hydrogen-bond acceptors (Lipinski definition) is 2. The smallest absolute Gasteiger partial charge is 0.341 e. The summed E-state index contributed by atoms with van der Waals surface area (Å²) in [6, 6.07) is 2.96. The molecule has 1 aromatic carbocycles. The fraction of sp³-hybridized carbons (Fsp3) is 0.167. The fourth-order valence-electron chi connectivity index (χ4n) is 1.86. The molecule has 2 aromatic rings. The van der Waals surface area contributed by atoms with E-state index in [1.807, 2.05) is 6.92 Å². The molecule has 0 aliphatic heterocycles. The number of benzene rings is 1. The van der Waals surface area contributed by atoms with E-state index in [1.165, 1.54) is 18.3 Å². The monoisotopic (exact) mass is 285 g/mol. The molecule has 1 aromatic heterocycles. The summed E-state index contributed by atoms with van der Waals surface area (Å²) < 4.78 is 1.62. The standard InChI is InChI=1S/C12H9Cl2NO3/c1-2-15-5-8(12(17)18)11(16)7-3-6(13)4-9(14)10(7)15/h3-5H,2H2,1H3,(H,17,18). The second kappa shape index (κ2) is 4.63. The number of hydrogen-bond donors (Lipinski definition) is 1. The summed E-state index contributed by atoms with van der Waals surface area (Å²) in [7, 11) is 0. The van der Waals surface area contributed by atoms with Crippen molar-refractivity contribution >= 4 is 40.1 Å². The van der Waals surface area contributed by atoms with Crippen molar-refractivity contribution in [3.8, 4) is 0 Å². The number of fused-ring (bicyclic) bond motifs is 1. The predicted molar refractivity (Wildman–Crippen MR) is 70.9 cm³/mol. The molecule has 0 aliphatic carbocycles. The van der Waals surface area contributed by atoms with Crippen LogP contribution in [0.3, 0.4) is 0 Å². The van der Waals surface area contributed by atoms with Gasteiger partial charge in [-0.2, -0.15) is 0 Å². The van der Waals surface area contributed by atoms with Crippen LogP contribution in [0.4, 0.5) is 0 Å². The summed E-state index contributed by atoms with van der Waals surface area (Å²) >= 11 is 11.9. The second-order valence-corrected chi connectivity index (χ2v) is 4.59. The van der Waals surface area contributed by atoms with Gasteiger partial charge in [-0.05, 0) is 19.1 Å². The topological polar surface area (TPSA) is 59.3 Å². The molecule has 0 aliphatic rings. The van der Waals surface area contributed by atoms with Crippen LogP contribution >= 0.6 is 23.2 Å². The summed E-state index contributed by atoms with van der Waals surface area (Å²) in [5.74, 6) is -1.26. The first kappa shape index (κ1) is 12.9. The average molecular weight is 286 g/mol. The maximum Gasteiger partial charge on any atom is 0.341 e. The summed E-state index contributed by atoms with van der Waals surface area (Å²) in [4.78, 5) is 23.1. The third-order valence-corrected chi connectivity index (χ3v) is 3.17. The second-order valence-electron chi connectivity index (χ2n) is 3.75. The number of halogens is 2. The van der Waals surface area contributed by atoms with Crippen LogP contribution in [-0.2, 0) is 6.54 Å². The molecular weight excluding hydrogens is 277 g/mol. The minimum Gasteiger partial charge on any atom is -0.477 e. The van der Waals surface area contributed by atoms with Crippen LogP contribution in [0.2, 0.25) is 10.0 Å². The Kier molecular flexibility index (Phi) is 3.32. The molecular formula is C12H9Cl2NO3. The molecule has 94 valence electrons. The maximum absolute atomic E-state index is 12.0. The molecule has 1 heterocycles. The molecule has 6 heteroatoms. The number of pyridine rings is 1. The zero-order valence-electron chi connectivity index (χ0n) is 9.41. The molecule has 0 saturated carbocycles. The first-order valence-electron chi connectivity index (χ1n) is 5.21. The Morgan fingerprint density at radius 1 is 1.39 bits per heavy atom. The number of carboxylic acids is 1. The number of carboxylic acid groups (broad SMARTS) is 1. The van der Waals surface area contributed by atoms with Crippen LogP contribution in [0.25, 0.3) is 10.9 Å². The van der Waals surface area contributed by atoms with Crippen molar-refractivity contribution in [1.82, 2.24) is 4.57 Å². The van der Waals surface area contributed by atoms with Gasteiger partial charge in [0.2, 0.25) is 5.43 Å². The van der Waals surface area contributed by atoms with Gasteiger partial charge in [0.1, 0.15) is 5.56 Å². The lowest BCUT2D eigenvalue weighted by Gasteiger charge is -2.11. The summed E-state index contributed by atoms with van der Waals surface area (Å²) in [6.45, 7) is 2.33. The van der Waals surface area contributed by atoms with E-state index in [4.69, 9.17) is 28.3 Å². The first-order valence-corrected chi connectivity index (χ1v) is 5.96. The molecule has 1 N–H and O–H groups in total.